The van der Waals surface area contributed by atoms with Crippen LogP contribution in [-0.2, 0) is 4.79 Å². The maximum Gasteiger partial charge on any atom is 0.246 e. The molecule has 1 amide bonds. The van der Waals surface area contributed by atoms with Crippen molar-refractivity contribution in [3.8, 4) is 0 Å². The number of aliphatic hydroxyl groups excluding tert-OH is 1. The molecule has 1 aliphatic carbocycles. The molecule has 15 heavy (non-hydrogen) atoms. The summed E-state index contributed by atoms with van der Waals surface area (Å²) in [5, 5.41) is 11.2. The van der Waals surface area contributed by atoms with Gasteiger partial charge in [0.2, 0.25) is 5.91 Å². The Hall–Kier alpha value is -1.09. The number of carbonyl (C=O) groups excluding carboxylic acids is 1. The highest BCUT2D eigenvalue weighted by atomic mass is 16.3. The molecule has 0 spiro atoms. The summed E-state index contributed by atoms with van der Waals surface area (Å²) in [5.74, 6) is 0.489. The van der Waals surface area contributed by atoms with Gasteiger partial charge in [-0.05, 0) is 32.1 Å². The summed E-state index contributed by atoms with van der Waals surface area (Å²) >= 11 is 0. The molecule has 0 aromatic heterocycles. The van der Waals surface area contributed by atoms with Gasteiger partial charge >= 0.3 is 0 Å². The van der Waals surface area contributed by atoms with E-state index in [0.29, 0.717) is 12.5 Å². The molecular formula is C12H19NO2. The first-order valence-corrected chi connectivity index (χ1v) is 5.38. The second-order valence-corrected chi connectivity index (χ2v) is 4.03. The number of nitrogens with one attached hydrogen (secondary N) is 1. The van der Waals surface area contributed by atoms with E-state index in [2.05, 4.69) is 11.9 Å². The number of allylic oxidation sites excluding steroid dienone is 2. The Morgan fingerprint density at radius 2 is 2.47 bits per heavy atom. The summed E-state index contributed by atoms with van der Waals surface area (Å²) in [6, 6.07) is 0. The lowest BCUT2D eigenvalue weighted by Crippen LogP contribution is -2.29. The molecule has 0 radical (unpaired) electrons. The Labute approximate surface area is 90.9 Å². The second-order valence-electron chi connectivity index (χ2n) is 4.03. The van der Waals surface area contributed by atoms with Crippen LogP contribution in [0.15, 0.2) is 23.8 Å². The van der Waals surface area contributed by atoms with Crippen LogP contribution in [0.25, 0.3) is 0 Å². The number of hydrogen-bond acceptors (Lipinski definition) is 2. The third kappa shape index (κ3) is 3.51. The SMILES string of the molecule is C=C(C)C1CC=C(C(=O)NCCO)CC1. The zero-order valence-corrected chi connectivity index (χ0v) is 9.25. The number of amides is 1. The van der Waals surface area contributed by atoms with Crippen LogP contribution in [0.4, 0.5) is 0 Å². The number of rotatable bonds is 4. The molecule has 0 aromatic carbocycles. The van der Waals surface area contributed by atoms with Crippen molar-refractivity contribution in [1.29, 1.82) is 0 Å². The predicted molar refractivity (Wildman–Crippen MR) is 60.3 cm³/mol. The standard InChI is InChI=1S/C12H19NO2/c1-9(2)10-3-5-11(6-4-10)12(15)13-7-8-14/h5,10,14H,1,3-4,6-8H2,2H3,(H,13,15). The molecule has 1 rings (SSSR count). The summed E-state index contributed by atoms with van der Waals surface area (Å²) in [5.41, 5.74) is 2.04. The summed E-state index contributed by atoms with van der Waals surface area (Å²) in [7, 11) is 0. The lowest BCUT2D eigenvalue weighted by molar-refractivity contribution is -0.117. The average molecular weight is 209 g/mol. The molecule has 0 saturated heterocycles. The Kier molecular flexibility index (Phi) is 4.56. The van der Waals surface area contributed by atoms with Crippen LogP contribution in [0, 0.1) is 5.92 Å². The minimum absolute atomic E-state index is 0.00654. The molecule has 0 saturated carbocycles. The van der Waals surface area contributed by atoms with E-state index in [4.69, 9.17) is 5.11 Å². The Bertz CT molecular complexity index is 281. The van der Waals surface area contributed by atoms with Gasteiger partial charge in [-0.2, -0.15) is 0 Å². The summed E-state index contributed by atoms with van der Waals surface area (Å²) in [6.45, 7) is 6.30. The van der Waals surface area contributed by atoms with Crippen molar-refractivity contribution < 1.29 is 9.90 Å². The Morgan fingerprint density at radius 1 is 1.73 bits per heavy atom. The molecule has 0 bridgehead atoms. The van der Waals surface area contributed by atoms with Crippen LogP contribution in [-0.4, -0.2) is 24.2 Å². The van der Waals surface area contributed by atoms with Crippen LogP contribution in [0.5, 0.6) is 0 Å². The van der Waals surface area contributed by atoms with Gasteiger partial charge in [0.25, 0.3) is 0 Å². The van der Waals surface area contributed by atoms with Crippen molar-refractivity contribution in [3.63, 3.8) is 0 Å². The van der Waals surface area contributed by atoms with E-state index in [1.54, 1.807) is 0 Å². The van der Waals surface area contributed by atoms with E-state index >= 15 is 0 Å². The van der Waals surface area contributed by atoms with Gasteiger partial charge in [0.1, 0.15) is 0 Å². The van der Waals surface area contributed by atoms with E-state index in [1.807, 2.05) is 13.0 Å². The first kappa shape index (κ1) is 12.0. The monoisotopic (exact) mass is 209 g/mol. The predicted octanol–water partition coefficient (Wildman–Crippen LogP) is 1.40. The fourth-order valence-electron chi connectivity index (χ4n) is 1.77. The smallest absolute Gasteiger partial charge is 0.246 e. The molecule has 1 aliphatic rings. The van der Waals surface area contributed by atoms with Gasteiger partial charge in [-0.3, -0.25) is 4.79 Å². The largest absolute Gasteiger partial charge is 0.395 e. The number of aliphatic hydroxyl groups is 1. The maximum absolute atomic E-state index is 11.5. The lowest BCUT2D eigenvalue weighted by atomic mass is 9.85. The third-order valence-corrected chi connectivity index (χ3v) is 2.80. The molecule has 1 unspecified atom stereocenters. The number of carbonyl (C=O) groups is 1. The fraction of sp³-hybridized carbons (Fsp3) is 0.583. The minimum Gasteiger partial charge on any atom is -0.395 e. The zero-order valence-electron chi connectivity index (χ0n) is 9.25. The van der Waals surface area contributed by atoms with Crippen LogP contribution < -0.4 is 5.32 Å². The Balaban J connectivity index is 2.45. The lowest BCUT2D eigenvalue weighted by Gasteiger charge is -2.21. The first-order valence-electron chi connectivity index (χ1n) is 5.38. The molecule has 1 atom stereocenters. The molecular weight excluding hydrogens is 190 g/mol. The van der Waals surface area contributed by atoms with Crippen LogP contribution in [0.3, 0.4) is 0 Å². The van der Waals surface area contributed by atoms with E-state index < -0.39 is 0 Å². The summed E-state index contributed by atoms with van der Waals surface area (Å²) in [4.78, 5) is 11.5. The van der Waals surface area contributed by atoms with E-state index in [0.717, 1.165) is 24.8 Å². The number of hydrogen-bond donors (Lipinski definition) is 2. The molecule has 3 heteroatoms. The molecule has 0 fully saturated rings. The van der Waals surface area contributed by atoms with E-state index in [9.17, 15) is 4.79 Å². The molecule has 84 valence electrons. The van der Waals surface area contributed by atoms with Gasteiger partial charge in [-0.25, -0.2) is 0 Å². The van der Waals surface area contributed by atoms with Crippen molar-refractivity contribution in [2.75, 3.05) is 13.2 Å². The van der Waals surface area contributed by atoms with Gasteiger partial charge in [0, 0.05) is 12.1 Å². The van der Waals surface area contributed by atoms with Gasteiger partial charge in [-0.15, -0.1) is 0 Å². The van der Waals surface area contributed by atoms with Gasteiger partial charge < -0.3 is 10.4 Å². The van der Waals surface area contributed by atoms with Gasteiger partial charge in [0.15, 0.2) is 0 Å². The summed E-state index contributed by atoms with van der Waals surface area (Å²) in [6.07, 6.45) is 4.73. The molecule has 0 aromatic rings. The highest BCUT2D eigenvalue weighted by Crippen LogP contribution is 2.27. The molecule has 3 nitrogen and oxygen atoms in total. The van der Waals surface area contributed by atoms with Crippen molar-refractivity contribution in [3.05, 3.63) is 23.8 Å². The van der Waals surface area contributed by atoms with Crippen LogP contribution in [0.2, 0.25) is 0 Å². The van der Waals surface area contributed by atoms with Gasteiger partial charge in [0.05, 0.1) is 6.61 Å². The topological polar surface area (TPSA) is 49.3 Å². The van der Waals surface area contributed by atoms with Crippen molar-refractivity contribution in [2.24, 2.45) is 5.92 Å². The van der Waals surface area contributed by atoms with Crippen molar-refractivity contribution in [2.45, 2.75) is 26.2 Å². The van der Waals surface area contributed by atoms with Crippen molar-refractivity contribution in [1.82, 2.24) is 5.32 Å². The van der Waals surface area contributed by atoms with Gasteiger partial charge in [-0.1, -0.05) is 18.2 Å². The molecule has 2 N–H and O–H groups in total. The highest BCUT2D eigenvalue weighted by Gasteiger charge is 2.18. The molecule has 0 aliphatic heterocycles. The zero-order chi connectivity index (χ0) is 11.3. The van der Waals surface area contributed by atoms with Crippen LogP contribution in [0.1, 0.15) is 26.2 Å². The fourth-order valence-corrected chi connectivity index (χ4v) is 1.77. The average Bonchev–Trinajstić information content (AvgIpc) is 2.26. The van der Waals surface area contributed by atoms with E-state index in [-0.39, 0.29) is 12.5 Å². The highest BCUT2D eigenvalue weighted by molar-refractivity contribution is 5.93. The van der Waals surface area contributed by atoms with Crippen molar-refractivity contribution >= 4 is 5.91 Å². The summed E-state index contributed by atoms with van der Waals surface area (Å²) < 4.78 is 0. The normalized spacial score (nSPS) is 20.7. The third-order valence-electron chi connectivity index (χ3n) is 2.80. The first-order chi connectivity index (χ1) is 7.15. The quantitative estimate of drug-likeness (QED) is 0.687. The maximum atomic E-state index is 11.5. The van der Waals surface area contributed by atoms with E-state index in [1.165, 1.54) is 5.57 Å². The second kappa shape index (κ2) is 5.71. The van der Waals surface area contributed by atoms with Crippen LogP contribution >= 0.6 is 0 Å². The Morgan fingerprint density at radius 3 is 2.93 bits per heavy atom. The minimum atomic E-state index is -0.0378. The molecule has 0 heterocycles.